The Kier molecular flexibility index (Phi) is 4.52. The molecule has 0 fully saturated rings. The van der Waals surface area contributed by atoms with Crippen molar-refractivity contribution < 1.29 is 9.90 Å². The SMILES string of the molecule is CCNC(=S)Nc1ccc(Cl)c(C(=O)O)c1. The van der Waals surface area contributed by atoms with Gasteiger partial charge in [-0.05, 0) is 37.3 Å². The van der Waals surface area contributed by atoms with E-state index in [1.165, 1.54) is 12.1 Å². The second-order valence-corrected chi connectivity index (χ2v) is 3.80. The molecule has 4 nitrogen and oxygen atoms in total. The number of thiocarbonyl (C=S) groups is 1. The number of anilines is 1. The molecular weight excluding hydrogens is 248 g/mol. The van der Waals surface area contributed by atoms with Crippen molar-refractivity contribution in [2.45, 2.75) is 6.92 Å². The molecule has 0 radical (unpaired) electrons. The summed E-state index contributed by atoms with van der Waals surface area (Å²) in [6.07, 6.45) is 0. The van der Waals surface area contributed by atoms with E-state index >= 15 is 0 Å². The summed E-state index contributed by atoms with van der Waals surface area (Å²) in [7, 11) is 0. The van der Waals surface area contributed by atoms with E-state index in [-0.39, 0.29) is 10.6 Å². The van der Waals surface area contributed by atoms with Crippen molar-refractivity contribution in [2.24, 2.45) is 0 Å². The van der Waals surface area contributed by atoms with Gasteiger partial charge in [0.05, 0.1) is 10.6 Å². The maximum absolute atomic E-state index is 10.8. The lowest BCUT2D eigenvalue weighted by Crippen LogP contribution is -2.27. The van der Waals surface area contributed by atoms with Crippen LogP contribution in [0.1, 0.15) is 17.3 Å². The van der Waals surface area contributed by atoms with Crippen molar-refractivity contribution in [3.8, 4) is 0 Å². The molecule has 1 rings (SSSR count). The van der Waals surface area contributed by atoms with Gasteiger partial charge in [-0.25, -0.2) is 4.79 Å². The first-order chi connectivity index (χ1) is 7.54. The minimum atomic E-state index is -1.07. The summed E-state index contributed by atoms with van der Waals surface area (Å²) in [4.78, 5) is 10.8. The van der Waals surface area contributed by atoms with Crippen molar-refractivity contribution in [1.29, 1.82) is 0 Å². The molecule has 0 amide bonds. The fraction of sp³-hybridized carbons (Fsp3) is 0.200. The Morgan fingerprint density at radius 3 is 2.81 bits per heavy atom. The number of rotatable bonds is 3. The first-order valence-corrected chi connectivity index (χ1v) is 5.41. The number of aromatic carboxylic acids is 1. The van der Waals surface area contributed by atoms with Crippen molar-refractivity contribution in [1.82, 2.24) is 5.32 Å². The number of halogens is 1. The van der Waals surface area contributed by atoms with E-state index in [4.69, 9.17) is 28.9 Å². The van der Waals surface area contributed by atoms with Gasteiger partial charge in [0, 0.05) is 12.2 Å². The summed E-state index contributed by atoms with van der Waals surface area (Å²) < 4.78 is 0. The zero-order chi connectivity index (χ0) is 12.1. The predicted octanol–water partition coefficient (Wildman–Crippen LogP) is 2.34. The molecule has 0 heterocycles. The first kappa shape index (κ1) is 12.7. The minimum absolute atomic E-state index is 0.0472. The van der Waals surface area contributed by atoms with Gasteiger partial charge in [0.1, 0.15) is 0 Å². The molecule has 0 aliphatic rings. The lowest BCUT2D eigenvalue weighted by Gasteiger charge is -2.09. The van der Waals surface area contributed by atoms with Gasteiger partial charge in [0.15, 0.2) is 5.11 Å². The highest BCUT2D eigenvalue weighted by molar-refractivity contribution is 7.80. The zero-order valence-electron chi connectivity index (χ0n) is 8.58. The van der Waals surface area contributed by atoms with Gasteiger partial charge < -0.3 is 15.7 Å². The molecule has 3 N–H and O–H groups in total. The third-order valence-electron chi connectivity index (χ3n) is 1.79. The summed E-state index contributed by atoms with van der Waals surface area (Å²) in [6.45, 7) is 2.61. The van der Waals surface area contributed by atoms with Crippen LogP contribution in [0.4, 0.5) is 5.69 Å². The molecular formula is C10H11ClN2O2S. The maximum atomic E-state index is 10.8. The topological polar surface area (TPSA) is 61.4 Å². The highest BCUT2D eigenvalue weighted by Crippen LogP contribution is 2.20. The molecule has 0 spiro atoms. The lowest BCUT2D eigenvalue weighted by molar-refractivity contribution is 0.0697. The molecule has 1 aromatic carbocycles. The summed E-state index contributed by atoms with van der Waals surface area (Å²) >= 11 is 10.7. The number of carboxylic acids is 1. The Morgan fingerprint density at radius 2 is 2.25 bits per heavy atom. The van der Waals surface area contributed by atoms with Crippen LogP contribution in [0.25, 0.3) is 0 Å². The number of nitrogens with one attached hydrogen (secondary N) is 2. The number of benzene rings is 1. The molecule has 0 bridgehead atoms. The van der Waals surface area contributed by atoms with Gasteiger partial charge in [-0.15, -0.1) is 0 Å². The van der Waals surface area contributed by atoms with Gasteiger partial charge in [0.2, 0.25) is 0 Å². The Balaban J connectivity index is 2.87. The molecule has 0 aliphatic carbocycles. The zero-order valence-corrected chi connectivity index (χ0v) is 10.2. The smallest absolute Gasteiger partial charge is 0.337 e. The van der Waals surface area contributed by atoms with Crippen LogP contribution in [0.3, 0.4) is 0 Å². The molecule has 1 aromatic rings. The van der Waals surface area contributed by atoms with Gasteiger partial charge in [-0.1, -0.05) is 11.6 Å². The number of hydrogen-bond donors (Lipinski definition) is 3. The van der Waals surface area contributed by atoms with Crippen molar-refractivity contribution >= 4 is 40.6 Å². The van der Waals surface area contributed by atoms with E-state index in [0.717, 1.165) is 0 Å². The predicted molar refractivity (Wildman–Crippen MR) is 68.3 cm³/mol. The highest BCUT2D eigenvalue weighted by Gasteiger charge is 2.09. The Morgan fingerprint density at radius 1 is 1.56 bits per heavy atom. The van der Waals surface area contributed by atoms with E-state index in [0.29, 0.717) is 17.3 Å². The van der Waals surface area contributed by atoms with E-state index in [1.54, 1.807) is 6.07 Å². The monoisotopic (exact) mass is 258 g/mol. The van der Waals surface area contributed by atoms with Gasteiger partial charge >= 0.3 is 5.97 Å². The molecule has 16 heavy (non-hydrogen) atoms. The van der Waals surface area contributed by atoms with Gasteiger partial charge in [-0.3, -0.25) is 0 Å². The van der Waals surface area contributed by atoms with Crippen LogP contribution >= 0.6 is 23.8 Å². The van der Waals surface area contributed by atoms with Crippen LogP contribution < -0.4 is 10.6 Å². The molecule has 86 valence electrons. The van der Waals surface area contributed by atoms with Crippen LogP contribution in [0.2, 0.25) is 5.02 Å². The molecule has 0 saturated carbocycles. The van der Waals surface area contributed by atoms with Crippen molar-refractivity contribution in [2.75, 3.05) is 11.9 Å². The number of hydrogen-bond acceptors (Lipinski definition) is 2. The number of carboxylic acid groups (broad SMARTS) is 1. The summed E-state index contributed by atoms with van der Waals surface area (Å²) in [5.74, 6) is -1.07. The first-order valence-electron chi connectivity index (χ1n) is 4.62. The fourth-order valence-corrected chi connectivity index (χ4v) is 1.56. The summed E-state index contributed by atoms with van der Waals surface area (Å²) in [5.41, 5.74) is 0.638. The highest BCUT2D eigenvalue weighted by atomic mass is 35.5. The van der Waals surface area contributed by atoms with Crippen molar-refractivity contribution in [3.05, 3.63) is 28.8 Å². The Hall–Kier alpha value is -1.33. The maximum Gasteiger partial charge on any atom is 0.337 e. The standard InChI is InChI=1S/C10H11ClN2O2S/c1-2-12-10(16)13-6-3-4-8(11)7(5-6)9(14)15/h3-5H,2H2,1H3,(H,14,15)(H2,12,13,16). The van der Waals surface area contributed by atoms with Crippen LogP contribution in [-0.4, -0.2) is 22.7 Å². The van der Waals surface area contributed by atoms with Crippen molar-refractivity contribution in [3.63, 3.8) is 0 Å². The molecule has 0 unspecified atom stereocenters. The lowest BCUT2D eigenvalue weighted by atomic mass is 10.2. The second-order valence-electron chi connectivity index (χ2n) is 2.98. The molecule has 0 saturated heterocycles. The van der Waals surface area contributed by atoms with Crippen LogP contribution in [0.5, 0.6) is 0 Å². The Labute approximate surface area is 104 Å². The minimum Gasteiger partial charge on any atom is -0.478 e. The average Bonchev–Trinajstić information content (AvgIpc) is 2.21. The third kappa shape index (κ3) is 3.36. The van der Waals surface area contributed by atoms with Gasteiger partial charge in [-0.2, -0.15) is 0 Å². The molecule has 0 atom stereocenters. The largest absolute Gasteiger partial charge is 0.478 e. The molecule has 6 heteroatoms. The molecule has 0 aromatic heterocycles. The van der Waals surface area contributed by atoms with Gasteiger partial charge in [0.25, 0.3) is 0 Å². The summed E-state index contributed by atoms with van der Waals surface area (Å²) in [6, 6.07) is 4.62. The van der Waals surface area contributed by atoms with E-state index < -0.39 is 5.97 Å². The number of carbonyl (C=O) groups is 1. The Bertz CT molecular complexity index is 423. The second kappa shape index (κ2) is 5.67. The average molecular weight is 259 g/mol. The van der Waals surface area contributed by atoms with E-state index in [9.17, 15) is 4.79 Å². The van der Waals surface area contributed by atoms with Crippen LogP contribution in [0.15, 0.2) is 18.2 Å². The third-order valence-corrected chi connectivity index (χ3v) is 2.37. The normalized spacial score (nSPS) is 9.62. The van der Waals surface area contributed by atoms with E-state index in [2.05, 4.69) is 10.6 Å². The van der Waals surface area contributed by atoms with Crippen LogP contribution in [-0.2, 0) is 0 Å². The quantitative estimate of drug-likeness (QED) is 0.727. The molecule has 0 aliphatic heterocycles. The van der Waals surface area contributed by atoms with E-state index in [1.807, 2.05) is 6.92 Å². The van der Waals surface area contributed by atoms with Crippen LogP contribution in [0, 0.1) is 0 Å². The fourth-order valence-electron chi connectivity index (χ4n) is 1.10. The summed E-state index contributed by atoms with van der Waals surface area (Å²) in [5, 5.41) is 15.3.